The predicted octanol–water partition coefficient (Wildman–Crippen LogP) is 6.17. The Morgan fingerprint density at radius 1 is 0.791 bits per heavy atom. The summed E-state index contributed by atoms with van der Waals surface area (Å²) < 4.78 is 19.2. The lowest BCUT2D eigenvalue weighted by Gasteiger charge is -2.47. The van der Waals surface area contributed by atoms with Crippen molar-refractivity contribution in [2.75, 3.05) is 13.2 Å². The lowest BCUT2D eigenvalue weighted by molar-refractivity contribution is -0.0508. The van der Waals surface area contributed by atoms with Gasteiger partial charge < -0.3 is 19.0 Å². The third-order valence-electron chi connectivity index (χ3n) is 7.65. The second kappa shape index (κ2) is 15.1. The summed E-state index contributed by atoms with van der Waals surface area (Å²) in [5.74, 6) is -0.893. The van der Waals surface area contributed by atoms with Gasteiger partial charge in [-0.15, -0.1) is 6.58 Å². The molecule has 0 aromatic heterocycles. The minimum atomic E-state index is -3.08. The first kappa shape index (κ1) is 32.1. The van der Waals surface area contributed by atoms with Gasteiger partial charge in [-0.2, -0.15) is 0 Å². The standard InChI is InChI=1S/C37H42O5Si/c1-5-30(27-40-26-29-18-10-6-11-19-29)35(34(38)28-41-36(39)31-20-12-7-13-21-31)42-43(37(2,3)4,32-22-14-8-15-23-32)33-24-16-9-17-25-33/h5-25,30,34-35,38H,1,26-28H2,2-4H3/t30-,34-,35+/m1/s1. The molecule has 43 heavy (non-hydrogen) atoms. The molecule has 0 aliphatic rings. The van der Waals surface area contributed by atoms with E-state index < -0.39 is 32.4 Å². The number of ether oxygens (including phenoxy) is 2. The van der Waals surface area contributed by atoms with Crippen LogP contribution in [-0.2, 0) is 20.5 Å². The molecule has 0 amide bonds. The van der Waals surface area contributed by atoms with Gasteiger partial charge in [0.05, 0.1) is 24.9 Å². The van der Waals surface area contributed by atoms with Gasteiger partial charge in [-0.1, -0.05) is 136 Å². The molecule has 0 spiro atoms. The molecule has 4 aromatic rings. The van der Waals surface area contributed by atoms with Crippen molar-refractivity contribution in [2.24, 2.45) is 5.92 Å². The van der Waals surface area contributed by atoms with Gasteiger partial charge in [0.25, 0.3) is 8.32 Å². The molecule has 0 saturated carbocycles. The molecule has 0 aliphatic carbocycles. The SMILES string of the molecule is C=C[C@H](COCc1ccccc1)[C@H](O[Si](c1ccccc1)(c1ccccc1)C(C)(C)C)[C@H](O)COC(=O)c1ccccc1. The number of hydrogen-bond acceptors (Lipinski definition) is 5. The fourth-order valence-corrected chi connectivity index (χ4v) is 10.2. The maximum atomic E-state index is 12.8. The van der Waals surface area contributed by atoms with Crippen LogP contribution in [0, 0.1) is 5.92 Å². The number of carbonyl (C=O) groups excluding carboxylic acids is 1. The van der Waals surface area contributed by atoms with Crippen LogP contribution in [0.3, 0.4) is 0 Å². The first-order chi connectivity index (χ1) is 20.8. The largest absolute Gasteiger partial charge is 0.459 e. The number of benzene rings is 4. The van der Waals surface area contributed by atoms with Crippen LogP contribution in [0.1, 0.15) is 36.7 Å². The summed E-state index contributed by atoms with van der Waals surface area (Å²) in [6, 6.07) is 39.2. The maximum absolute atomic E-state index is 12.8. The van der Waals surface area contributed by atoms with Crippen molar-refractivity contribution in [2.45, 2.75) is 44.6 Å². The summed E-state index contributed by atoms with van der Waals surface area (Å²) in [6.07, 6.45) is -0.142. The quantitative estimate of drug-likeness (QED) is 0.108. The Hall–Kier alpha value is -3.81. The molecule has 3 atom stereocenters. The summed E-state index contributed by atoms with van der Waals surface area (Å²) in [5, 5.41) is 13.6. The minimum absolute atomic E-state index is 0.236. The monoisotopic (exact) mass is 594 g/mol. The molecule has 6 heteroatoms. The van der Waals surface area contributed by atoms with Crippen molar-refractivity contribution in [3.05, 3.63) is 145 Å². The highest BCUT2D eigenvalue weighted by molar-refractivity contribution is 6.99. The Morgan fingerprint density at radius 2 is 1.28 bits per heavy atom. The van der Waals surface area contributed by atoms with E-state index in [2.05, 4.69) is 51.6 Å². The summed E-state index contributed by atoms with van der Waals surface area (Å²) >= 11 is 0. The first-order valence-electron chi connectivity index (χ1n) is 14.7. The molecular weight excluding hydrogens is 552 g/mol. The first-order valence-corrected chi connectivity index (χ1v) is 16.6. The molecule has 0 saturated heterocycles. The van der Waals surface area contributed by atoms with E-state index in [1.54, 1.807) is 30.3 Å². The summed E-state index contributed by atoms with van der Waals surface area (Å²) in [6.45, 7) is 11.1. The van der Waals surface area contributed by atoms with Crippen molar-refractivity contribution in [3.8, 4) is 0 Å². The predicted molar refractivity (Wildman–Crippen MR) is 175 cm³/mol. The number of carbonyl (C=O) groups is 1. The number of hydrogen-bond donors (Lipinski definition) is 1. The lowest BCUT2D eigenvalue weighted by Crippen LogP contribution is -2.69. The Bertz CT molecular complexity index is 1370. The highest BCUT2D eigenvalue weighted by Crippen LogP contribution is 2.39. The van der Waals surface area contributed by atoms with Crippen LogP contribution in [0.5, 0.6) is 0 Å². The zero-order valence-corrected chi connectivity index (χ0v) is 26.3. The van der Waals surface area contributed by atoms with E-state index in [1.165, 1.54) is 0 Å². The van der Waals surface area contributed by atoms with Gasteiger partial charge in [0.2, 0.25) is 0 Å². The second-order valence-corrected chi connectivity index (χ2v) is 15.9. The number of aliphatic hydroxyl groups is 1. The highest BCUT2D eigenvalue weighted by atomic mass is 28.4. The van der Waals surface area contributed by atoms with E-state index in [-0.39, 0.29) is 18.3 Å². The Balaban J connectivity index is 1.71. The molecule has 0 radical (unpaired) electrons. The van der Waals surface area contributed by atoms with Crippen LogP contribution in [-0.4, -0.2) is 44.8 Å². The van der Waals surface area contributed by atoms with E-state index in [1.807, 2.05) is 72.8 Å². The average Bonchev–Trinajstić information content (AvgIpc) is 3.04. The normalized spacial score (nSPS) is 14.0. The lowest BCUT2D eigenvalue weighted by atomic mass is 9.99. The molecule has 0 aliphatic heterocycles. The third kappa shape index (κ3) is 7.97. The van der Waals surface area contributed by atoms with Gasteiger partial charge >= 0.3 is 5.97 Å². The minimum Gasteiger partial charge on any atom is -0.459 e. The average molecular weight is 595 g/mol. The second-order valence-electron chi connectivity index (χ2n) is 11.7. The molecule has 0 bridgehead atoms. The Kier molecular flexibility index (Phi) is 11.3. The molecule has 0 unspecified atom stereocenters. The fourth-order valence-electron chi connectivity index (χ4n) is 5.44. The zero-order valence-electron chi connectivity index (χ0n) is 25.3. The molecule has 4 aromatic carbocycles. The number of esters is 1. The van der Waals surface area contributed by atoms with E-state index >= 15 is 0 Å². The molecule has 4 rings (SSSR count). The van der Waals surface area contributed by atoms with Crippen molar-refractivity contribution < 1.29 is 23.8 Å². The maximum Gasteiger partial charge on any atom is 0.338 e. The van der Waals surface area contributed by atoms with E-state index in [9.17, 15) is 9.90 Å². The number of aliphatic hydroxyl groups excluding tert-OH is 1. The molecule has 5 nitrogen and oxygen atoms in total. The van der Waals surface area contributed by atoms with Crippen LogP contribution < -0.4 is 10.4 Å². The van der Waals surface area contributed by atoms with Crippen LogP contribution in [0.4, 0.5) is 0 Å². The topological polar surface area (TPSA) is 65.0 Å². The van der Waals surface area contributed by atoms with E-state index in [0.717, 1.165) is 15.9 Å². The van der Waals surface area contributed by atoms with Crippen LogP contribution >= 0.6 is 0 Å². The Labute approximate surface area is 256 Å². The highest BCUT2D eigenvalue weighted by Gasteiger charge is 2.53. The van der Waals surface area contributed by atoms with E-state index in [0.29, 0.717) is 12.2 Å². The van der Waals surface area contributed by atoms with Crippen molar-refractivity contribution in [1.29, 1.82) is 0 Å². The van der Waals surface area contributed by atoms with Crippen LogP contribution in [0.15, 0.2) is 134 Å². The molecular formula is C37H42O5Si. The zero-order chi connectivity index (χ0) is 30.7. The van der Waals surface area contributed by atoms with Crippen molar-refractivity contribution >= 4 is 24.7 Å². The third-order valence-corrected chi connectivity index (χ3v) is 12.7. The van der Waals surface area contributed by atoms with Gasteiger partial charge in [-0.3, -0.25) is 0 Å². The molecule has 0 fully saturated rings. The van der Waals surface area contributed by atoms with Gasteiger partial charge in [0, 0.05) is 5.92 Å². The smallest absolute Gasteiger partial charge is 0.338 e. The molecule has 224 valence electrons. The van der Waals surface area contributed by atoms with Gasteiger partial charge in [0.1, 0.15) is 12.7 Å². The Morgan fingerprint density at radius 3 is 1.77 bits per heavy atom. The van der Waals surface area contributed by atoms with Gasteiger partial charge in [-0.25, -0.2) is 4.79 Å². The van der Waals surface area contributed by atoms with Crippen molar-refractivity contribution in [1.82, 2.24) is 0 Å². The molecule has 1 N–H and O–H groups in total. The van der Waals surface area contributed by atoms with Gasteiger partial charge in [0.15, 0.2) is 0 Å². The fraction of sp³-hybridized carbons (Fsp3) is 0.270. The summed E-state index contributed by atoms with van der Waals surface area (Å²) in [4.78, 5) is 12.8. The van der Waals surface area contributed by atoms with Crippen molar-refractivity contribution in [3.63, 3.8) is 0 Å². The number of rotatable bonds is 14. The van der Waals surface area contributed by atoms with Crippen LogP contribution in [0.25, 0.3) is 0 Å². The summed E-state index contributed by atoms with van der Waals surface area (Å²) in [7, 11) is -3.08. The molecule has 0 heterocycles. The summed E-state index contributed by atoms with van der Waals surface area (Å²) in [5.41, 5.74) is 1.47. The van der Waals surface area contributed by atoms with Crippen LogP contribution in [0.2, 0.25) is 5.04 Å². The van der Waals surface area contributed by atoms with E-state index in [4.69, 9.17) is 13.9 Å². The van der Waals surface area contributed by atoms with Gasteiger partial charge in [-0.05, 0) is 33.1 Å².